The van der Waals surface area contributed by atoms with Gasteiger partial charge in [0.25, 0.3) is 5.91 Å². The lowest BCUT2D eigenvalue weighted by Gasteiger charge is -2.34. The molecule has 1 aromatic heterocycles. The maximum absolute atomic E-state index is 11.8. The molecule has 28 heavy (non-hydrogen) atoms. The number of carbonyl (C=O) groups is 1. The Kier molecular flexibility index (Phi) is 6.65. The minimum Gasteiger partial charge on any atom is -0.370 e. The van der Waals surface area contributed by atoms with Crippen LogP contribution in [0.2, 0.25) is 0 Å². The van der Waals surface area contributed by atoms with E-state index in [1.807, 2.05) is 37.6 Å². The molecule has 1 saturated heterocycles. The summed E-state index contributed by atoms with van der Waals surface area (Å²) in [5.41, 5.74) is 2.71. The second-order valence-corrected chi connectivity index (χ2v) is 6.70. The minimum atomic E-state index is -0.0924. The van der Waals surface area contributed by atoms with Crippen molar-refractivity contribution in [2.75, 3.05) is 33.3 Å². The Labute approximate surface area is 165 Å². The van der Waals surface area contributed by atoms with Crippen LogP contribution in [-0.4, -0.2) is 59.8 Å². The van der Waals surface area contributed by atoms with Crippen molar-refractivity contribution in [3.05, 3.63) is 53.3 Å². The molecule has 8 heteroatoms. The van der Waals surface area contributed by atoms with Gasteiger partial charge in [0.15, 0.2) is 5.96 Å². The van der Waals surface area contributed by atoms with E-state index in [0.717, 1.165) is 36.7 Å². The quantitative estimate of drug-likeness (QED) is 0.600. The van der Waals surface area contributed by atoms with E-state index in [1.165, 1.54) is 0 Å². The van der Waals surface area contributed by atoms with Gasteiger partial charge in [-0.15, -0.1) is 0 Å². The van der Waals surface area contributed by atoms with Crippen molar-refractivity contribution in [3.8, 4) is 0 Å². The van der Waals surface area contributed by atoms with E-state index in [4.69, 9.17) is 9.73 Å². The molecule has 0 aliphatic carbocycles. The SMILES string of the molecule is CCNC(=NCc1cccc(C(=O)NC)c1)N1CCOC(c2cnn(C)c2)C1. The molecule has 3 rings (SSSR count). The van der Waals surface area contributed by atoms with Crippen molar-refractivity contribution < 1.29 is 9.53 Å². The number of nitrogens with one attached hydrogen (secondary N) is 2. The van der Waals surface area contributed by atoms with Gasteiger partial charge in [-0.25, -0.2) is 4.99 Å². The number of morpholine rings is 1. The van der Waals surface area contributed by atoms with Gasteiger partial charge in [0.2, 0.25) is 0 Å². The van der Waals surface area contributed by atoms with Gasteiger partial charge in [0.1, 0.15) is 6.10 Å². The van der Waals surface area contributed by atoms with Crippen molar-refractivity contribution in [1.29, 1.82) is 0 Å². The van der Waals surface area contributed by atoms with Crippen molar-refractivity contribution in [2.45, 2.75) is 19.6 Å². The maximum atomic E-state index is 11.8. The van der Waals surface area contributed by atoms with Gasteiger partial charge < -0.3 is 20.3 Å². The van der Waals surface area contributed by atoms with E-state index >= 15 is 0 Å². The number of nitrogens with zero attached hydrogens (tertiary/aromatic N) is 4. The van der Waals surface area contributed by atoms with E-state index in [2.05, 4.69) is 27.6 Å². The summed E-state index contributed by atoms with van der Waals surface area (Å²) < 4.78 is 7.72. The van der Waals surface area contributed by atoms with E-state index in [-0.39, 0.29) is 12.0 Å². The summed E-state index contributed by atoms with van der Waals surface area (Å²) in [6.45, 7) is 5.47. The van der Waals surface area contributed by atoms with Crippen molar-refractivity contribution in [2.24, 2.45) is 12.0 Å². The topological polar surface area (TPSA) is 83.8 Å². The Balaban J connectivity index is 1.72. The highest BCUT2D eigenvalue weighted by molar-refractivity contribution is 5.94. The molecule has 2 aromatic rings. The van der Waals surface area contributed by atoms with Gasteiger partial charge in [-0.2, -0.15) is 5.10 Å². The van der Waals surface area contributed by atoms with Gasteiger partial charge in [-0.05, 0) is 24.6 Å². The molecule has 150 valence electrons. The molecule has 1 fully saturated rings. The summed E-state index contributed by atoms with van der Waals surface area (Å²) in [6.07, 6.45) is 3.81. The van der Waals surface area contributed by atoms with Crippen LogP contribution in [0.5, 0.6) is 0 Å². The normalized spacial score (nSPS) is 17.5. The van der Waals surface area contributed by atoms with Gasteiger partial charge in [0.05, 0.1) is 25.9 Å². The molecule has 1 aliphatic rings. The molecular weight excluding hydrogens is 356 g/mol. The monoisotopic (exact) mass is 384 g/mol. The first-order valence-electron chi connectivity index (χ1n) is 9.55. The molecule has 0 spiro atoms. The molecule has 2 N–H and O–H groups in total. The number of carbonyl (C=O) groups excluding carboxylic acids is 1. The lowest BCUT2D eigenvalue weighted by molar-refractivity contribution is -0.00805. The lowest BCUT2D eigenvalue weighted by Crippen LogP contribution is -2.48. The van der Waals surface area contributed by atoms with Gasteiger partial charge in [-0.3, -0.25) is 9.48 Å². The summed E-state index contributed by atoms with van der Waals surface area (Å²) in [4.78, 5) is 18.8. The highest BCUT2D eigenvalue weighted by Gasteiger charge is 2.25. The highest BCUT2D eigenvalue weighted by atomic mass is 16.5. The Morgan fingerprint density at radius 1 is 1.43 bits per heavy atom. The fourth-order valence-corrected chi connectivity index (χ4v) is 3.20. The molecular formula is C20H28N6O2. The third-order valence-electron chi connectivity index (χ3n) is 4.63. The predicted molar refractivity (Wildman–Crippen MR) is 108 cm³/mol. The standard InChI is InChI=1S/C20H28N6O2/c1-4-22-20(23-11-15-6-5-7-16(10-15)19(27)21-2)26-8-9-28-18(14-26)17-12-24-25(3)13-17/h5-7,10,12-13,18H,4,8-9,11,14H2,1-3H3,(H,21,27)(H,22,23). The fourth-order valence-electron chi connectivity index (χ4n) is 3.20. The number of aliphatic imine (C=N–C) groups is 1. The lowest BCUT2D eigenvalue weighted by atomic mass is 10.1. The zero-order valence-corrected chi connectivity index (χ0v) is 16.7. The van der Waals surface area contributed by atoms with Crippen molar-refractivity contribution in [1.82, 2.24) is 25.3 Å². The van der Waals surface area contributed by atoms with Crippen LogP contribution in [0.4, 0.5) is 0 Å². The van der Waals surface area contributed by atoms with E-state index in [9.17, 15) is 4.79 Å². The third kappa shape index (κ3) is 4.89. The molecule has 0 radical (unpaired) electrons. The van der Waals surface area contributed by atoms with Crippen LogP contribution in [-0.2, 0) is 18.3 Å². The predicted octanol–water partition coefficient (Wildman–Crippen LogP) is 1.32. The number of aryl methyl sites for hydroxylation is 1. The number of amides is 1. The Morgan fingerprint density at radius 3 is 3.00 bits per heavy atom. The van der Waals surface area contributed by atoms with Crippen LogP contribution in [0, 0.1) is 0 Å². The summed E-state index contributed by atoms with van der Waals surface area (Å²) in [6, 6.07) is 7.55. The molecule has 0 saturated carbocycles. The summed E-state index contributed by atoms with van der Waals surface area (Å²) in [7, 11) is 3.54. The van der Waals surface area contributed by atoms with Gasteiger partial charge in [-0.1, -0.05) is 12.1 Å². The largest absolute Gasteiger partial charge is 0.370 e. The minimum absolute atomic E-state index is 0.0251. The van der Waals surface area contributed by atoms with Crippen LogP contribution in [0.15, 0.2) is 41.7 Å². The van der Waals surface area contributed by atoms with Crippen LogP contribution in [0.3, 0.4) is 0 Å². The maximum Gasteiger partial charge on any atom is 0.251 e. The van der Waals surface area contributed by atoms with Crippen LogP contribution < -0.4 is 10.6 Å². The highest BCUT2D eigenvalue weighted by Crippen LogP contribution is 2.21. The van der Waals surface area contributed by atoms with Crippen molar-refractivity contribution in [3.63, 3.8) is 0 Å². The zero-order valence-electron chi connectivity index (χ0n) is 16.7. The summed E-state index contributed by atoms with van der Waals surface area (Å²) in [5, 5.41) is 10.3. The zero-order chi connectivity index (χ0) is 19.9. The second-order valence-electron chi connectivity index (χ2n) is 6.70. The number of hydrogen-bond acceptors (Lipinski definition) is 4. The Morgan fingerprint density at radius 2 is 2.29 bits per heavy atom. The Bertz CT molecular complexity index is 832. The molecule has 1 aromatic carbocycles. The second kappa shape index (κ2) is 9.36. The smallest absolute Gasteiger partial charge is 0.251 e. The van der Waals surface area contributed by atoms with E-state index < -0.39 is 0 Å². The summed E-state index contributed by atoms with van der Waals surface area (Å²) in [5.74, 6) is 0.760. The first kappa shape index (κ1) is 19.9. The molecule has 1 amide bonds. The Hall–Kier alpha value is -2.87. The number of benzene rings is 1. The molecule has 1 unspecified atom stereocenters. The molecule has 8 nitrogen and oxygen atoms in total. The first-order valence-corrected chi connectivity index (χ1v) is 9.55. The van der Waals surface area contributed by atoms with Gasteiger partial charge >= 0.3 is 0 Å². The number of rotatable bonds is 5. The van der Waals surface area contributed by atoms with Crippen LogP contribution in [0.25, 0.3) is 0 Å². The molecule has 0 bridgehead atoms. The number of aromatic nitrogens is 2. The summed E-state index contributed by atoms with van der Waals surface area (Å²) >= 11 is 0. The average Bonchev–Trinajstić information content (AvgIpc) is 3.17. The van der Waals surface area contributed by atoms with Crippen molar-refractivity contribution >= 4 is 11.9 Å². The number of ether oxygens (including phenoxy) is 1. The molecule has 1 aliphatic heterocycles. The first-order chi connectivity index (χ1) is 13.6. The van der Waals surface area contributed by atoms with E-state index in [0.29, 0.717) is 18.7 Å². The molecule has 1 atom stereocenters. The van der Waals surface area contributed by atoms with E-state index in [1.54, 1.807) is 17.8 Å². The third-order valence-corrected chi connectivity index (χ3v) is 4.63. The fraction of sp³-hybridized carbons (Fsp3) is 0.450. The van der Waals surface area contributed by atoms with Crippen LogP contribution in [0.1, 0.15) is 34.5 Å². The number of hydrogen-bond donors (Lipinski definition) is 2. The van der Waals surface area contributed by atoms with Gasteiger partial charge in [0, 0.05) is 44.5 Å². The van der Waals surface area contributed by atoms with Crippen LogP contribution >= 0.6 is 0 Å². The average molecular weight is 384 g/mol. The molecule has 2 heterocycles. The number of guanidine groups is 1.